The average molecular weight is 445 g/mol. The van der Waals surface area contributed by atoms with Crippen LogP contribution in [0.5, 0.6) is 0 Å². The third kappa shape index (κ3) is 4.85. The summed E-state index contributed by atoms with van der Waals surface area (Å²) in [6.45, 7) is -0.122. The van der Waals surface area contributed by atoms with Gasteiger partial charge in [0.1, 0.15) is 6.61 Å². The van der Waals surface area contributed by atoms with E-state index in [9.17, 15) is 14.4 Å². The number of aromatic nitrogens is 1. The van der Waals surface area contributed by atoms with Crippen molar-refractivity contribution in [2.24, 2.45) is 0 Å². The van der Waals surface area contributed by atoms with Gasteiger partial charge < -0.3 is 24.9 Å². The highest BCUT2D eigenvalue weighted by atomic mass is 16.5. The molecule has 9 heteroatoms. The van der Waals surface area contributed by atoms with Crippen molar-refractivity contribution >= 4 is 18.0 Å². The minimum Gasteiger partial charge on any atom is -0.472 e. The van der Waals surface area contributed by atoms with Crippen LogP contribution in [-0.2, 0) is 16.1 Å². The Morgan fingerprint density at radius 3 is 2.36 bits per heavy atom. The second-order valence-corrected chi connectivity index (χ2v) is 7.09. The van der Waals surface area contributed by atoms with Gasteiger partial charge in [-0.05, 0) is 22.3 Å². The predicted octanol–water partition coefficient (Wildman–Crippen LogP) is 2.53. The molecule has 9 nitrogen and oxygen atoms in total. The molecule has 2 amide bonds. The van der Waals surface area contributed by atoms with Gasteiger partial charge in [-0.1, -0.05) is 54.5 Å². The highest BCUT2D eigenvalue weighted by Crippen LogP contribution is 2.44. The molecular weight excluding hydrogens is 426 g/mol. The van der Waals surface area contributed by atoms with Gasteiger partial charge in [0, 0.05) is 11.8 Å². The molecule has 1 aliphatic carbocycles. The van der Waals surface area contributed by atoms with Crippen LogP contribution >= 0.6 is 0 Å². The Bertz CT molecular complexity index is 1220. The van der Waals surface area contributed by atoms with Gasteiger partial charge in [0.25, 0.3) is 5.91 Å². The molecule has 2 aromatic carbocycles. The molecule has 1 heterocycles. The van der Waals surface area contributed by atoms with Gasteiger partial charge in [-0.15, -0.1) is 0 Å². The molecule has 1 aliphatic rings. The molecule has 0 unspecified atom stereocenters. The first-order chi connectivity index (χ1) is 16.0. The quantitative estimate of drug-likeness (QED) is 0.497. The number of hydrogen-bond donors (Lipinski definition) is 3. The predicted molar refractivity (Wildman–Crippen MR) is 116 cm³/mol. The van der Waals surface area contributed by atoms with Gasteiger partial charge in [0.2, 0.25) is 0 Å². The lowest BCUT2D eigenvalue weighted by molar-refractivity contribution is -0.130. The maximum absolute atomic E-state index is 12.3. The number of carbonyl (C=O) groups excluding carboxylic acids is 2. The number of carboxylic acid groups (broad SMARTS) is 1. The first-order valence-electron chi connectivity index (χ1n) is 10.1. The fourth-order valence-corrected chi connectivity index (χ4v) is 3.71. The van der Waals surface area contributed by atoms with Gasteiger partial charge in [0.15, 0.2) is 17.8 Å². The summed E-state index contributed by atoms with van der Waals surface area (Å²) in [4.78, 5) is 38.7. The monoisotopic (exact) mass is 445 g/mol. The van der Waals surface area contributed by atoms with Gasteiger partial charge in [0.05, 0.1) is 13.1 Å². The summed E-state index contributed by atoms with van der Waals surface area (Å²) >= 11 is 0. The Morgan fingerprint density at radius 2 is 1.70 bits per heavy atom. The van der Waals surface area contributed by atoms with E-state index in [0.717, 1.165) is 28.6 Å². The topological polar surface area (TPSA) is 131 Å². The van der Waals surface area contributed by atoms with E-state index in [1.807, 2.05) is 42.3 Å². The molecule has 4 rings (SSSR count). The maximum atomic E-state index is 12.3. The van der Waals surface area contributed by atoms with Gasteiger partial charge in [-0.25, -0.2) is 14.6 Å². The molecular formula is C24H19N3O6. The summed E-state index contributed by atoms with van der Waals surface area (Å²) in [6, 6.07) is 16.0. The zero-order valence-corrected chi connectivity index (χ0v) is 17.3. The van der Waals surface area contributed by atoms with E-state index in [1.165, 1.54) is 0 Å². The van der Waals surface area contributed by atoms with Crippen molar-refractivity contribution in [3.63, 3.8) is 0 Å². The second kappa shape index (κ2) is 9.70. The summed E-state index contributed by atoms with van der Waals surface area (Å²) in [5.41, 5.74) is 4.43. The zero-order valence-electron chi connectivity index (χ0n) is 17.3. The summed E-state index contributed by atoms with van der Waals surface area (Å²) in [5, 5.41) is 13.4. The second-order valence-electron chi connectivity index (χ2n) is 7.09. The Kier molecular flexibility index (Phi) is 6.36. The largest absolute Gasteiger partial charge is 0.472 e. The Labute approximate surface area is 188 Å². The van der Waals surface area contributed by atoms with E-state index in [0.29, 0.717) is 0 Å². The number of fused-ring (bicyclic) bond motifs is 3. The van der Waals surface area contributed by atoms with Crippen molar-refractivity contribution < 1.29 is 28.6 Å². The molecule has 166 valence electrons. The maximum Gasteiger partial charge on any atom is 0.407 e. The van der Waals surface area contributed by atoms with Crippen LogP contribution in [0.3, 0.4) is 0 Å². The molecule has 33 heavy (non-hydrogen) atoms. The molecule has 3 N–H and O–H groups in total. The van der Waals surface area contributed by atoms with Crippen LogP contribution < -0.4 is 10.6 Å². The van der Waals surface area contributed by atoms with Crippen molar-refractivity contribution in [2.75, 3.05) is 13.2 Å². The lowest BCUT2D eigenvalue weighted by atomic mass is 9.98. The molecule has 0 radical (unpaired) electrons. The zero-order chi connectivity index (χ0) is 23.2. The number of hydrogen-bond acceptors (Lipinski definition) is 6. The third-order valence-electron chi connectivity index (χ3n) is 5.13. The number of amides is 2. The third-order valence-corrected chi connectivity index (χ3v) is 5.13. The van der Waals surface area contributed by atoms with Crippen LogP contribution in [0.2, 0.25) is 0 Å². The minimum absolute atomic E-state index is 0.0360. The van der Waals surface area contributed by atoms with E-state index >= 15 is 0 Å². The van der Waals surface area contributed by atoms with Gasteiger partial charge >= 0.3 is 12.1 Å². The molecule has 3 aromatic rings. The van der Waals surface area contributed by atoms with E-state index in [4.69, 9.17) is 14.3 Å². The number of nitrogens with one attached hydrogen (secondary N) is 2. The molecule has 0 saturated heterocycles. The van der Waals surface area contributed by atoms with Gasteiger partial charge in [-0.2, -0.15) is 0 Å². The Balaban J connectivity index is 1.33. The van der Waals surface area contributed by atoms with Crippen molar-refractivity contribution in [1.29, 1.82) is 0 Å². The highest BCUT2D eigenvalue weighted by Gasteiger charge is 2.29. The fraction of sp³-hybridized carbons (Fsp3) is 0.167. The summed E-state index contributed by atoms with van der Waals surface area (Å²) in [6.07, 6.45) is 0.416. The first-order valence-corrected chi connectivity index (χ1v) is 10.1. The summed E-state index contributed by atoms with van der Waals surface area (Å²) in [5.74, 6) is 2.33. The number of ether oxygens (including phenoxy) is 1. The van der Waals surface area contributed by atoms with Crippen LogP contribution in [0.15, 0.2) is 59.3 Å². The molecule has 0 saturated carbocycles. The molecule has 0 spiro atoms. The normalized spacial score (nSPS) is 11.5. The summed E-state index contributed by atoms with van der Waals surface area (Å²) < 4.78 is 10.6. The number of nitrogens with zero attached hydrogens (tertiary/aromatic N) is 1. The van der Waals surface area contributed by atoms with E-state index < -0.39 is 18.0 Å². The van der Waals surface area contributed by atoms with Crippen molar-refractivity contribution in [3.05, 3.63) is 77.5 Å². The van der Waals surface area contributed by atoms with Crippen molar-refractivity contribution in [1.82, 2.24) is 15.6 Å². The molecule has 1 aromatic heterocycles. The van der Waals surface area contributed by atoms with Crippen LogP contribution in [-0.4, -0.2) is 41.2 Å². The van der Waals surface area contributed by atoms with Crippen molar-refractivity contribution in [3.8, 4) is 23.0 Å². The molecule has 0 fully saturated rings. The fourth-order valence-electron chi connectivity index (χ4n) is 3.71. The van der Waals surface area contributed by atoms with Crippen LogP contribution in [0.4, 0.5) is 4.79 Å². The first kappa shape index (κ1) is 21.6. The number of aliphatic carboxylic acids is 1. The van der Waals surface area contributed by atoms with Gasteiger partial charge in [-0.3, -0.25) is 4.79 Å². The van der Waals surface area contributed by atoms with E-state index in [2.05, 4.69) is 33.7 Å². The van der Waals surface area contributed by atoms with E-state index in [1.54, 1.807) is 0 Å². The highest BCUT2D eigenvalue weighted by molar-refractivity contribution is 5.93. The number of rotatable bonds is 6. The standard InChI is InChI=1S/C24H19N3O6/c28-21(29)10-5-11-25-23(30)22-20(33-14-27-22)12-26-24(31)32-13-19-17-8-3-1-6-15(17)16-7-2-4-9-18(16)19/h1-4,6-9,14,19H,11-13H2,(H,25,30)(H,26,31)(H,28,29). The molecule has 0 aliphatic heterocycles. The smallest absolute Gasteiger partial charge is 0.407 e. The Morgan fingerprint density at radius 1 is 1.03 bits per heavy atom. The van der Waals surface area contributed by atoms with Crippen LogP contribution in [0, 0.1) is 11.8 Å². The van der Waals surface area contributed by atoms with Crippen LogP contribution in [0.25, 0.3) is 11.1 Å². The SMILES string of the molecule is O=C(O)C#CCNC(=O)c1ncoc1CNC(=O)OCC1c2ccccc2-c2ccccc21. The molecule has 0 atom stereocenters. The lowest BCUT2D eigenvalue weighted by Crippen LogP contribution is -2.28. The lowest BCUT2D eigenvalue weighted by Gasteiger charge is -2.14. The van der Waals surface area contributed by atoms with E-state index in [-0.39, 0.29) is 37.1 Å². The number of carbonyl (C=O) groups is 3. The summed E-state index contributed by atoms with van der Waals surface area (Å²) in [7, 11) is 0. The number of oxazole rings is 1. The van der Waals surface area contributed by atoms with Crippen molar-refractivity contribution in [2.45, 2.75) is 12.5 Å². The number of benzene rings is 2. The molecule has 0 bridgehead atoms. The minimum atomic E-state index is -1.29. The average Bonchev–Trinajstić information content (AvgIpc) is 3.42. The number of alkyl carbamates (subject to hydrolysis) is 1. The Hall–Kier alpha value is -4.58. The van der Waals surface area contributed by atoms with Crippen LogP contribution in [0.1, 0.15) is 33.3 Å². The number of carboxylic acids is 1.